The van der Waals surface area contributed by atoms with Gasteiger partial charge < -0.3 is 24.8 Å². The molecule has 0 spiro atoms. The van der Waals surface area contributed by atoms with Crippen molar-refractivity contribution in [2.45, 2.75) is 30.1 Å². The minimum atomic E-state index is -2.53. The molecule has 1 aliphatic heterocycles. The Bertz CT molecular complexity index is 1540. The molecule has 1 aromatic carbocycles. The van der Waals surface area contributed by atoms with E-state index in [0.717, 1.165) is 0 Å². The monoisotopic (exact) mass is 562 g/mol. The molecule has 1 fully saturated rings. The van der Waals surface area contributed by atoms with E-state index >= 15 is 0 Å². The Morgan fingerprint density at radius 2 is 1.80 bits per heavy atom. The van der Waals surface area contributed by atoms with Gasteiger partial charge in [-0.1, -0.05) is 30.7 Å². The van der Waals surface area contributed by atoms with Gasteiger partial charge in [-0.25, -0.2) is 4.98 Å². The van der Waals surface area contributed by atoms with Crippen LogP contribution in [-0.4, -0.2) is 96.8 Å². The second kappa shape index (κ2) is 11.0. The SMILES string of the molecule is [B]C([B])([B])NC(=O)C([B])([B])Oc1cc2cc(Nc3nc(N4C[C@@H](C)C([B])(F)[C@@H](C)C4)ncc3Cl)ccc2n(C)c1=O. The molecular weight excluding hydrogens is 540 g/mol. The topological polar surface area (TPSA) is 101 Å². The fourth-order valence-corrected chi connectivity index (χ4v) is 4.66. The third kappa shape index (κ3) is 6.58. The van der Waals surface area contributed by atoms with Gasteiger partial charge >= 0.3 is 0 Å². The number of aromatic nitrogens is 3. The summed E-state index contributed by atoms with van der Waals surface area (Å²) in [7, 11) is 35.0. The summed E-state index contributed by atoms with van der Waals surface area (Å²) in [6.07, 6.45) is 1.45. The number of alkyl halides is 1. The highest BCUT2D eigenvalue weighted by molar-refractivity contribution is 6.61. The van der Waals surface area contributed by atoms with E-state index in [-0.39, 0.29) is 10.8 Å². The number of aryl methyl sites for hydroxylation is 1. The molecule has 198 valence electrons. The standard InChI is InChI=1S/C24H22B6ClFN6O3/c1-11-9-38(10-12(2)22(11,25)32)21-33-8-15(31)18(35-21)34-14-4-5-16-13(6-14)7-17(19(39)37(16)3)41-23(26,27)20(40)36-24(28,29)30/h4-8,11-12H,9-10H2,1-3H3,(H,36,40)(H,33,34,35)/t11-,12+,22?. The zero-order chi connectivity index (χ0) is 30.5. The Hall–Kier alpha value is -3.01. The number of rotatable bonds is 7. The lowest BCUT2D eigenvalue weighted by molar-refractivity contribution is -0.126. The first-order chi connectivity index (χ1) is 18.9. The lowest BCUT2D eigenvalue weighted by Gasteiger charge is -2.44. The number of carbonyl (C=O) groups excluding carboxylic acids is 1. The van der Waals surface area contributed by atoms with Crippen LogP contribution in [0, 0.1) is 11.8 Å². The van der Waals surface area contributed by atoms with Crippen molar-refractivity contribution in [1.82, 2.24) is 19.9 Å². The molecule has 12 radical (unpaired) electrons. The quantitative estimate of drug-likeness (QED) is 0.399. The van der Waals surface area contributed by atoms with Crippen LogP contribution in [0.15, 0.2) is 35.3 Å². The van der Waals surface area contributed by atoms with E-state index in [9.17, 15) is 14.0 Å². The van der Waals surface area contributed by atoms with Crippen LogP contribution in [-0.2, 0) is 11.8 Å². The molecule has 0 bridgehead atoms. The molecule has 4 rings (SSSR count). The second-order valence-electron chi connectivity index (χ2n) is 10.5. The molecule has 3 heterocycles. The maximum atomic E-state index is 14.8. The van der Waals surface area contributed by atoms with Crippen molar-refractivity contribution in [3.63, 3.8) is 0 Å². The van der Waals surface area contributed by atoms with Crippen molar-refractivity contribution in [3.05, 3.63) is 45.8 Å². The van der Waals surface area contributed by atoms with Gasteiger partial charge in [0.15, 0.2) is 11.6 Å². The maximum absolute atomic E-state index is 14.8. The van der Waals surface area contributed by atoms with Gasteiger partial charge in [0.25, 0.3) is 5.56 Å². The number of nitrogens with one attached hydrogen (secondary N) is 2. The van der Waals surface area contributed by atoms with Gasteiger partial charge in [0.05, 0.1) is 40.8 Å². The van der Waals surface area contributed by atoms with E-state index in [1.54, 1.807) is 32.0 Å². The molecule has 1 aliphatic rings. The number of nitrogens with zero attached hydrogens (tertiary/aromatic N) is 4. The fourth-order valence-electron chi connectivity index (χ4n) is 4.53. The number of hydrogen-bond donors (Lipinski definition) is 2. The van der Waals surface area contributed by atoms with Crippen LogP contribution in [0.4, 0.5) is 21.8 Å². The largest absolute Gasteiger partial charge is 0.492 e. The number of pyridine rings is 1. The van der Waals surface area contributed by atoms with E-state index in [1.807, 2.05) is 10.2 Å². The maximum Gasteiger partial charge on any atom is 0.293 e. The van der Waals surface area contributed by atoms with Crippen LogP contribution >= 0.6 is 11.6 Å². The summed E-state index contributed by atoms with van der Waals surface area (Å²) < 4.78 is 21.4. The Kier molecular flexibility index (Phi) is 8.30. The number of fused-ring (bicyclic) bond motifs is 1. The molecule has 0 aliphatic carbocycles. The first-order valence-electron chi connectivity index (χ1n) is 12.5. The van der Waals surface area contributed by atoms with Crippen molar-refractivity contribution in [1.29, 1.82) is 0 Å². The minimum absolute atomic E-state index is 0.243. The van der Waals surface area contributed by atoms with Crippen molar-refractivity contribution in [2.75, 3.05) is 23.3 Å². The highest BCUT2D eigenvalue weighted by Gasteiger charge is 2.42. The third-order valence-corrected chi connectivity index (χ3v) is 7.21. The van der Waals surface area contributed by atoms with Gasteiger partial charge in [0.1, 0.15) is 34.0 Å². The smallest absolute Gasteiger partial charge is 0.293 e. The number of piperidine rings is 1. The van der Waals surface area contributed by atoms with Crippen molar-refractivity contribution in [3.8, 4) is 5.75 Å². The number of hydrogen-bond acceptors (Lipinski definition) is 7. The Morgan fingerprint density at radius 3 is 2.41 bits per heavy atom. The highest BCUT2D eigenvalue weighted by Crippen LogP contribution is 2.35. The molecule has 17 heteroatoms. The first kappa shape index (κ1) is 30.9. The van der Waals surface area contributed by atoms with Crippen LogP contribution in [0.3, 0.4) is 0 Å². The lowest BCUT2D eigenvalue weighted by Crippen LogP contribution is -2.61. The number of halogens is 2. The first-order valence-corrected chi connectivity index (χ1v) is 12.9. The molecule has 2 N–H and O–H groups in total. The lowest BCUT2D eigenvalue weighted by atomic mass is 9.49. The molecule has 1 amide bonds. The zero-order valence-electron chi connectivity index (χ0n) is 22.7. The number of anilines is 3. The number of amides is 1. The van der Waals surface area contributed by atoms with E-state index in [1.165, 1.54) is 23.9 Å². The predicted molar refractivity (Wildman–Crippen MR) is 163 cm³/mol. The summed E-state index contributed by atoms with van der Waals surface area (Å²) in [5.74, 6) is -1.70. The van der Waals surface area contributed by atoms with E-state index in [2.05, 4.69) is 15.3 Å². The Balaban J connectivity index is 1.62. The molecule has 9 nitrogen and oxygen atoms in total. The van der Waals surface area contributed by atoms with Gasteiger partial charge in [-0.2, -0.15) is 4.98 Å². The molecule has 1 saturated heterocycles. The van der Waals surface area contributed by atoms with Gasteiger partial charge in [0, 0.05) is 31.2 Å². The number of benzene rings is 1. The number of ether oxygens (including phenoxy) is 1. The van der Waals surface area contributed by atoms with Gasteiger partial charge in [-0.15, -0.1) is 0 Å². The van der Waals surface area contributed by atoms with Crippen LogP contribution in [0.25, 0.3) is 10.9 Å². The summed E-state index contributed by atoms with van der Waals surface area (Å²) in [6, 6.07) is 6.45. The average Bonchev–Trinajstić information content (AvgIpc) is 2.86. The predicted octanol–water partition coefficient (Wildman–Crippen LogP) is 0.255. The van der Waals surface area contributed by atoms with Crippen LogP contribution in [0.1, 0.15) is 13.8 Å². The Morgan fingerprint density at radius 1 is 1.17 bits per heavy atom. The fraction of sp³-hybridized carbons (Fsp3) is 0.417. The van der Waals surface area contributed by atoms with E-state index < -0.39 is 39.5 Å². The summed E-state index contributed by atoms with van der Waals surface area (Å²) in [6.45, 7) is 4.14. The molecule has 0 saturated carbocycles. The molecule has 3 atom stereocenters. The summed E-state index contributed by atoms with van der Waals surface area (Å²) in [5, 5.41) is 1.23. The van der Waals surface area contributed by atoms with Crippen LogP contribution in [0.2, 0.25) is 5.02 Å². The van der Waals surface area contributed by atoms with Crippen LogP contribution in [0.5, 0.6) is 5.75 Å². The molecule has 1 unspecified atom stereocenters. The molecule has 41 heavy (non-hydrogen) atoms. The van der Waals surface area contributed by atoms with Crippen molar-refractivity contribution < 1.29 is 13.9 Å². The third-order valence-electron chi connectivity index (χ3n) is 6.93. The van der Waals surface area contributed by atoms with E-state index in [0.29, 0.717) is 41.4 Å². The van der Waals surface area contributed by atoms with Gasteiger partial charge in [0.2, 0.25) is 11.9 Å². The highest BCUT2D eigenvalue weighted by atomic mass is 35.5. The normalized spacial score (nSPS) is 21.4. The zero-order valence-corrected chi connectivity index (χ0v) is 23.4. The minimum Gasteiger partial charge on any atom is -0.492 e. The molecular formula is C24H22B6ClFN6O3. The van der Waals surface area contributed by atoms with Crippen molar-refractivity contribution >= 4 is 92.9 Å². The Labute approximate surface area is 250 Å². The van der Waals surface area contributed by atoms with Crippen LogP contribution < -0.4 is 25.8 Å². The summed E-state index contributed by atoms with van der Waals surface area (Å²) in [4.78, 5) is 36.0. The second-order valence-corrected chi connectivity index (χ2v) is 10.9. The van der Waals surface area contributed by atoms with Gasteiger partial charge in [-0.3, -0.25) is 14.0 Å². The van der Waals surface area contributed by atoms with E-state index in [4.69, 9.17) is 63.4 Å². The average molecular weight is 562 g/mol. The van der Waals surface area contributed by atoms with Crippen molar-refractivity contribution in [2.24, 2.45) is 18.9 Å². The summed E-state index contributed by atoms with van der Waals surface area (Å²) in [5.41, 5.74) is -1.33. The molecule has 3 aromatic rings. The summed E-state index contributed by atoms with van der Waals surface area (Å²) >= 11 is 6.38. The molecule has 2 aromatic heterocycles. The van der Waals surface area contributed by atoms with Gasteiger partial charge in [-0.05, 0) is 36.1 Å². The number of carbonyl (C=O) groups is 1.